The number of hydrogen-bond acceptors (Lipinski definition) is 4. The number of rotatable bonds is 5. The Balaban J connectivity index is 1.42. The Kier molecular flexibility index (Phi) is 4.10. The van der Waals surface area contributed by atoms with E-state index in [4.69, 9.17) is 4.52 Å². The van der Waals surface area contributed by atoms with Crippen LogP contribution in [0.15, 0.2) is 82.7 Å². The van der Waals surface area contributed by atoms with Gasteiger partial charge in [-0.2, -0.15) is 0 Å². The van der Waals surface area contributed by atoms with E-state index in [-0.39, 0.29) is 5.91 Å². The maximum atomic E-state index is 13.2. The second-order valence-electron chi connectivity index (χ2n) is 7.00. The van der Waals surface area contributed by atoms with Crippen LogP contribution in [0.25, 0.3) is 21.8 Å². The van der Waals surface area contributed by atoms with Crippen molar-refractivity contribution in [3.63, 3.8) is 0 Å². The molecule has 2 aromatic carbocycles. The Bertz CT molecular complexity index is 1110. The summed E-state index contributed by atoms with van der Waals surface area (Å²) in [5.74, 6) is 0.690. The Morgan fingerprint density at radius 2 is 1.79 bits per heavy atom. The molecule has 1 N–H and O–H groups in total. The smallest absolute Gasteiger partial charge is 0.236 e. The van der Waals surface area contributed by atoms with Crippen molar-refractivity contribution in [2.75, 3.05) is 5.32 Å². The Hall–Kier alpha value is -3.18. The van der Waals surface area contributed by atoms with Gasteiger partial charge < -0.3 is 9.84 Å². The van der Waals surface area contributed by atoms with Crippen molar-refractivity contribution in [2.45, 2.75) is 18.3 Å². The number of carbonyl (C=O) groups excluding carboxylic acids is 1. The summed E-state index contributed by atoms with van der Waals surface area (Å²) < 4.78 is 5.51. The van der Waals surface area contributed by atoms with E-state index in [1.807, 2.05) is 78.2 Å². The fourth-order valence-electron chi connectivity index (χ4n) is 3.46. The second-order valence-corrected chi connectivity index (χ2v) is 7.95. The van der Waals surface area contributed by atoms with Crippen LogP contribution in [0.1, 0.15) is 18.5 Å². The predicted molar refractivity (Wildman–Crippen MR) is 111 cm³/mol. The molecule has 1 aliphatic carbocycles. The summed E-state index contributed by atoms with van der Waals surface area (Å²) in [5.41, 5.74) is 3.01. The number of nitrogens with zero attached hydrogens (tertiary/aromatic N) is 1. The summed E-state index contributed by atoms with van der Waals surface area (Å²) in [4.78, 5) is 14.2. The van der Waals surface area contributed by atoms with Gasteiger partial charge in [0.2, 0.25) is 5.91 Å². The second kappa shape index (κ2) is 6.77. The number of nitrogens with one attached hydrogen (secondary N) is 1. The van der Waals surface area contributed by atoms with Crippen LogP contribution in [0.3, 0.4) is 0 Å². The average Bonchev–Trinajstić information content (AvgIpc) is 3.14. The normalized spacial score (nSPS) is 14.6. The van der Waals surface area contributed by atoms with Crippen molar-refractivity contribution in [2.24, 2.45) is 0 Å². The first-order valence-corrected chi connectivity index (χ1v) is 10.1. The van der Waals surface area contributed by atoms with Crippen molar-refractivity contribution < 1.29 is 9.32 Å². The quantitative estimate of drug-likeness (QED) is 0.476. The number of aromatic nitrogens is 1. The molecule has 4 nitrogen and oxygen atoms in total. The number of benzene rings is 2. The number of amides is 1. The number of anilines is 1. The molecule has 5 rings (SSSR count). The molecular formula is C23H18N2O2S. The SMILES string of the molecule is O=C(Nc1ccccc1-c1ccccc1)C1(c2cc(-c3cccs3)on2)CC1. The molecule has 0 saturated heterocycles. The highest BCUT2D eigenvalue weighted by Gasteiger charge is 2.54. The van der Waals surface area contributed by atoms with Crippen molar-refractivity contribution in [1.82, 2.24) is 5.16 Å². The van der Waals surface area contributed by atoms with Crippen molar-refractivity contribution >= 4 is 22.9 Å². The van der Waals surface area contributed by atoms with E-state index in [1.165, 1.54) is 0 Å². The van der Waals surface area contributed by atoms with E-state index >= 15 is 0 Å². The lowest BCUT2D eigenvalue weighted by Crippen LogP contribution is -2.28. The Morgan fingerprint density at radius 1 is 1.00 bits per heavy atom. The monoisotopic (exact) mass is 386 g/mol. The minimum Gasteiger partial charge on any atom is -0.355 e. The van der Waals surface area contributed by atoms with Crippen molar-refractivity contribution in [3.05, 3.63) is 83.9 Å². The molecule has 1 fully saturated rings. The van der Waals surface area contributed by atoms with E-state index in [2.05, 4.69) is 10.5 Å². The first-order chi connectivity index (χ1) is 13.8. The van der Waals surface area contributed by atoms with E-state index in [9.17, 15) is 4.79 Å². The van der Waals surface area contributed by atoms with Gasteiger partial charge >= 0.3 is 0 Å². The predicted octanol–water partition coefficient (Wildman–Crippen LogP) is 5.74. The third-order valence-corrected chi connectivity index (χ3v) is 6.09. The zero-order chi connectivity index (χ0) is 19.0. The molecule has 5 heteroatoms. The lowest BCUT2D eigenvalue weighted by molar-refractivity contribution is -0.118. The van der Waals surface area contributed by atoms with E-state index in [0.717, 1.165) is 34.5 Å². The van der Waals surface area contributed by atoms with Gasteiger partial charge in [0.15, 0.2) is 5.76 Å². The summed E-state index contributed by atoms with van der Waals surface area (Å²) in [6.45, 7) is 0. The van der Waals surface area contributed by atoms with E-state index in [1.54, 1.807) is 11.3 Å². The van der Waals surface area contributed by atoms with E-state index in [0.29, 0.717) is 11.5 Å². The number of para-hydroxylation sites is 1. The van der Waals surface area contributed by atoms with Crippen LogP contribution in [0.5, 0.6) is 0 Å². The van der Waals surface area contributed by atoms with Crippen LogP contribution in [0.4, 0.5) is 5.69 Å². The van der Waals surface area contributed by atoms with Gasteiger partial charge in [0, 0.05) is 17.3 Å². The lowest BCUT2D eigenvalue weighted by atomic mass is 9.99. The van der Waals surface area contributed by atoms with Gasteiger partial charge in [-0.25, -0.2) is 0 Å². The average molecular weight is 386 g/mol. The molecule has 2 heterocycles. The molecule has 1 saturated carbocycles. The summed E-state index contributed by atoms with van der Waals surface area (Å²) >= 11 is 1.60. The van der Waals surface area contributed by atoms with Crippen LogP contribution in [0.2, 0.25) is 0 Å². The third-order valence-electron chi connectivity index (χ3n) is 5.21. The fourth-order valence-corrected chi connectivity index (χ4v) is 4.14. The minimum atomic E-state index is -0.594. The molecule has 1 aliphatic rings. The zero-order valence-corrected chi connectivity index (χ0v) is 15.9. The molecule has 0 radical (unpaired) electrons. The summed E-state index contributed by atoms with van der Waals surface area (Å²) in [6.07, 6.45) is 1.56. The Labute approximate surface area is 166 Å². The van der Waals surface area contributed by atoms with Crippen LogP contribution in [-0.4, -0.2) is 11.1 Å². The van der Waals surface area contributed by atoms with Gasteiger partial charge in [0.1, 0.15) is 0 Å². The molecule has 0 aliphatic heterocycles. The van der Waals surface area contributed by atoms with E-state index < -0.39 is 5.41 Å². The molecule has 2 aromatic heterocycles. The van der Waals surface area contributed by atoms with Crippen LogP contribution < -0.4 is 5.32 Å². The van der Waals surface area contributed by atoms with Crippen LogP contribution in [0, 0.1) is 0 Å². The minimum absolute atomic E-state index is 0.0260. The third kappa shape index (κ3) is 2.94. The van der Waals surface area contributed by atoms with Crippen LogP contribution >= 0.6 is 11.3 Å². The summed E-state index contributed by atoms with van der Waals surface area (Å²) in [7, 11) is 0. The summed E-state index contributed by atoms with van der Waals surface area (Å²) in [5, 5.41) is 9.35. The number of carbonyl (C=O) groups is 1. The topological polar surface area (TPSA) is 55.1 Å². The lowest BCUT2D eigenvalue weighted by Gasteiger charge is -2.15. The van der Waals surface area contributed by atoms with Crippen molar-refractivity contribution in [3.8, 4) is 21.8 Å². The first kappa shape index (κ1) is 17.0. The zero-order valence-electron chi connectivity index (χ0n) is 15.1. The van der Waals surface area contributed by atoms with Gasteiger partial charge in [-0.3, -0.25) is 4.79 Å². The first-order valence-electron chi connectivity index (χ1n) is 9.23. The van der Waals surface area contributed by atoms with Gasteiger partial charge in [0.25, 0.3) is 0 Å². The number of hydrogen-bond donors (Lipinski definition) is 1. The highest BCUT2D eigenvalue weighted by molar-refractivity contribution is 7.13. The van der Waals surface area contributed by atoms with Crippen molar-refractivity contribution in [1.29, 1.82) is 0 Å². The highest BCUT2D eigenvalue weighted by atomic mass is 32.1. The Morgan fingerprint density at radius 3 is 2.54 bits per heavy atom. The van der Waals surface area contributed by atoms with Crippen LogP contribution in [-0.2, 0) is 10.2 Å². The van der Waals surface area contributed by atoms with Gasteiger partial charge in [-0.15, -0.1) is 11.3 Å². The molecule has 1 amide bonds. The van der Waals surface area contributed by atoms with Gasteiger partial charge in [-0.05, 0) is 35.9 Å². The molecule has 0 atom stereocenters. The fraction of sp³-hybridized carbons (Fsp3) is 0.130. The maximum absolute atomic E-state index is 13.2. The molecule has 4 aromatic rings. The molecule has 0 unspecified atom stereocenters. The highest BCUT2D eigenvalue weighted by Crippen LogP contribution is 2.49. The molecule has 0 bridgehead atoms. The maximum Gasteiger partial charge on any atom is 0.236 e. The van der Waals surface area contributed by atoms with Gasteiger partial charge in [-0.1, -0.05) is 59.8 Å². The van der Waals surface area contributed by atoms with Gasteiger partial charge in [0.05, 0.1) is 16.0 Å². The number of thiophene rings is 1. The molecule has 0 spiro atoms. The molecular weight excluding hydrogens is 368 g/mol. The summed E-state index contributed by atoms with van der Waals surface area (Å²) in [6, 6.07) is 23.8. The molecule has 28 heavy (non-hydrogen) atoms. The standard InChI is InChI=1S/C23H18N2O2S/c26-22(24-18-10-5-4-9-17(18)16-7-2-1-3-8-16)23(12-13-23)21-15-19(27-25-21)20-11-6-14-28-20/h1-11,14-15H,12-13H2,(H,24,26). The molecule has 138 valence electrons. The largest absolute Gasteiger partial charge is 0.355 e.